The van der Waals surface area contributed by atoms with E-state index in [2.05, 4.69) is 32.7 Å². The Morgan fingerprint density at radius 1 is 1.22 bits per heavy atom. The van der Waals surface area contributed by atoms with Gasteiger partial charge in [0.1, 0.15) is 11.0 Å². The van der Waals surface area contributed by atoms with E-state index in [1.807, 2.05) is 29.6 Å². The van der Waals surface area contributed by atoms with Gasteiger partial charge in [-0.3, -0.25) is 0 Å². The Balaban J connectivity index is 2.35. The second kappa shape index (κ2) is 5.59. The molecule has 0 aliphatic carbocycles. The zero-order chi connectivity index (χ0) is 13.3. The SMILES string of the molecule is CC1SCCSC1c1nc(Cl)cc(C(C)(C)C)n1. The van der Waals surface area contributed by atoms with Gasteiger partial charge in [0.15, 0.2) is 0 Å². The van der Waals surface area contributed by atoms with Crippen LogP contribution < -0.4 is 0 Å². The third-order valence-electron chi connectivity index (χ3n) is 2.92. The van der Waals surface area contributed by atoms with Crippen molar-refractivity contribution in [2.75, 3.05) is 11.5 Å². The molecule has 2 nitrogen and oxygen atoms in total. The summed E-state index contributed by atoms with van der Waals surface area (Å²) in [6.45, 7) is 8.72. The number of hydrogen-bond acceptors (Lipinski definition) is 4. The largest absolute Gasteiger partial charge is 0.236 e. The lowest BCUT2D eigenvalue weighted by molar-refractivity contribution is 0.561. The molecule has 0 N–H and O–H groups in total. The lowest BCUT2D eigenvalue weighted by Crippen LogP contribution is -2.21. The minimum absolute atomic E-state index is 0.0110. The first-order valence-electron chi connectivity index (χ1n) is 6.16. The maximum absolute atomic E-state index is 6.16. The molecule has 18 heavy (non-hydrogen) atoms. The molecule has 2 unspecified atom stereocenters. The van der Waals surface area contributed by atoms with Crippen LogP contribution in [0.3, 0.4) is 0 Å². The highest BCUT2D eigenvalue weighted by atomic mass is 35.5. The molecule has 0 amide bonds. The molecule has 1 aromatic heterocycles. The van der Waals surface area contributed by atoms with E-state index < -0.39 is 0 Å². The number of aromatic nitrogens is 2. The predicted molar refractivity (Wildman–Crippen MR) is 82.9 cm³/mol. The topological polar surface area (TPSA) is 25.8 Å². The maximum atomic E-state index is 6.16. The first kappa shape index (κ1) is 14.5. The van der Waals surface area contributed by atoms with E-state index in [1.165, 1.54) is 11.5 Å². The fourth-order valence-electron chi connectivity index (χ4n) is 1.86. The van der Waals surface area contributed by atoms with Gasteiger partial charge in [-0.1, -0.05) is 39.3 Å². The summed E-state index contributed by atoms with van der Waals surface area (Å²) < 4.78 is 0. The fraction of sp³-hybridized carbons (Fsp3) is 0.692. The Morgan fingerprint density at radius 3 is 2.50 bits per heavy atom. The van der Waals surface area contributed by atoms with Crippen LogP contribution in [-0.2, 0) is 5.41 Å². The zero-order valence-corrected chi connectivity index (χ0v) is 13.6. The van der Waals surface area contributed by atoms with Crippen molar-refractivity contribution in [1.82, 2.24) is 9.97 Å². The van der Waals surface area contributed by atoms with Gasteiger partial charge in [0.05, 0.1) is 10.9 Å². The highest BCUT2D eigenvalue weighted by molar-refractivity contribution is 8.06. The summed E-state index contributed by atoms with van der Waals surface area (Å²) >= 11 is 10.1. The second-order valence-electron chi connectivity index (χ2n) is 5.55. The predicted octanol–water partition coefficient (Wildman–Crippen LogP) is 4.34. The molecule has 1 saturated heterocycles. The van der Waals surface area contributed by atoms with E-state index in [9.17, 15) is 0 Å². The monoisotopic (exact) mass is 302 g/mol. The van der Waals surface area contributed by atoms with Crippen molar-refractivity contribution in [3.05, 3.63) is 22.7 Å². The van der Waals surface area contributed by atoms with Crippen molar-refractivity contribution in [2.24, 2.45) is 0 Å². The van der Waals surface area contributed by atoms with Gasteiger partial charge in [0, 0.05) is 22.2 Å². The van der Waals surface area contributed by atoms with Crippen molar-refractivity contribution in [2.45, 2.75) is 43.6 Å². The molecule has 1 aliphatic heterocycles. The quantitative estimate of drug-likeness (QED) is 0.721. The lowest BCUT2D eigenvalue weighted by atomic mass is 9.92. The van der Waals surface area contributed by atoms with Crippen LogP contribution in [0.25, 0.3) is 0 Å². The van der Waals surface area contributed by atoms with Gasteiger partial charge in [0.25, 0.3) is 0 Å². The molecule has 0 spiro atoms. The zero-order valence-electron chi connectivity index (χ0n) is 11.2. The summed E-state index contributed by atoms with van der Waals surface area (Å²) in [7, 11) is 0. The van der Waals surface area contributed by atoms with E-state index >= 15 is 0 Å². The Morgan fingerprint density at radius 2 is 1.89 bits per heavy atom. The van der Waals surface area contributed by atoms with Crippen molar-refractivity contribution < 1.29 is 0 Å². The highest BCUT2D eigenvalue weighted by Gasteiger charge is 2.28. The number of halogens is 1. The standard InChI is InChI=1S/C13H19ClN2S2/c1-8-11(18-6-5-17-8)12-15-9(13(2,3)4)7-10(14)16-12/h7-8,11H,5-6H2,1-4H3. The highest BCUT2D eigenvalue weighted by Crippen LogP contribution is 2.41. The molecule has 2 heterocycles. The van der Waals surface area contributed by atoms with Gasteiger partial charge in [-0.15, -0.1) is 11.8 Å². The van der Waals surface area contributed by atoms with E-state index in [4.69, 9.17) is 16.6 Å². The summed E-state index contributed by atoms with van der Waals surface area (Å²) in [6, 6.07) is 1.89. The van der Waals surface area contributed by atoms with E-state index in [1.54, 1.807) is 0 Å². The molecule has 1 aromatic rings. The molecule has 2 rings (SSSR count). The van der Waals surface area contributed by atoms with Crippen LogP contribution in [-0.4, -0.2) is 26.7 Å². The van der Waals surface area contributed by atoms with Gasteiger partial charge in [-0.05, 0) is 6.07 Å². The number of thioether (sulfide) groups is 2. The number of rotatable bonds is 1. The third kappa shape index (κ3) is 3.34. The van der Waals surface area contributed by atoms with Crippen LogP contribution in [0, 0.1) is 0 Å². The van der Waals surface area contributed by atoms with Crippen molar-refractivity contribution >= 4 is 35.1 Å². The van der Waals surface area contributed by atoms with Crippen molar-refractivity contribution in [1.29, 1.82) is 0 Å². The first-order valence-corrected chi connectivity index (χ1v) is 8.63. The van der Waals surface area contributed by atoms with Crippen LogP contribution in [0.5, 0.6) is 0 Å². The molecule has 0 aromatic carbocycles. The molecule has 100 valence electrons. The number of hydrogen-bond donors (Lipinski definition) is 0. The van der Waals surface area contributed by atoms with Crippen LogP contribution >= 0.6 is 35.1 Å². The van der Waals surface area contributed by atoms with Gasteiger partial charge in [0.2, 0.25) is 0 Å². The van der Waals surface area contributed by atoms with E-state index in [0.29, 0.717) is 15.7 Å². The smallest absolute Gasteiger partial charge is 0.144 e. The normalized spacial score (nSPS) is 25.2. The third-order valence-corrected chi connectivity index (χ3v) is 6.20. The Labute approximate surface area is 123 Å². The fourth-order valence-corrected chi connectivity index (χ4v) is 4.74. The maximum Gasteiger partial charge on any atom is 0.144 e. The number of nitrogens with zero attached hydrogens (tertiary/aromatic N) is 2. The minimum atomic E-state index is 0.0110. The first-order chi connectivity index (χ1) is 8.38. The Kier molecular flexibility index (Phi) is 4.50. The second-order valence-corrected chi connectivity index (χ2v) is 8.67. The Hall–Kier alpha value is 0.0700. The summed E-state index contributed by atoms with van der Waals surface area (Å²) in [5, 5.41) is 1.48. The molecular weight excluding hydrogens is 284 g/mol. The minimum Gasteiger partial charge on any atom is -0.236 e. The van der Waals surface area contributed by atoms with E-state index in [0.717, 1.165) is 11.5 Å². The van der Waals surface area contributed by atoms with Crippen molar-refractivity contribution in [3.63, 3.8) is 0 Å². The Bertz CT molecular complexity index is 431. The molecule has 1 fully saturated rings. The molecule has 0 bridgehead atoms. The van der Waals surface area contributed by atoms with Gasteiger partial charge in [-0.2, -0.15) is 11.8 Å². The lowest BCUT2D eigenvalue weighted by Gasteiger charge is -2.28. The van der Waals surface area contributed by atoms with Gasteiger partial charge in [-0.25, -0.2) is 9.97 Å². The molecule has 1 aliphatic rings. The average molecular weight is 303 g/mol. The molecule has 0 radical (unpaired) electrons. The van der Waals surface area contributed by atoms with Crippen molar-refractivity contribution in [3.8, 4) is 0 Å². The van der Waals surface area contributed by atoms with Crippen LogP contribution in [0.4, 0.5) is 0 Å². The van der Waals surface area contributed by atoms with E-state index in [-0.39, 0.29) is 5.41 Å². The average Bonchev–Trinajstić information content (AvgIpc) is 2.27. The molecule has 2 atom stereocenters. The molecule has 5 heteroatoms. The van der Waals surface area contributed by atoms with Crippen LogP contribution in [0.2, 0.25) is 5.15 Å². The van der Waals surface area contributed by atoms with Gasteiger partial charge < -0.3 is 0 Å². The summed E-state index contributed by atoms with van der Waals surface area (Å²) in [5.74, 6) is 3.28. The van der Waals surface area contributed by atoms with Crippen LogP contribution in [0.1, 0.15) is 44.5 Å². The summed E-state index contributed by atoms with van der Waals surface area (Å²) in [5.41, 5.74) is 1.04. The summed E-state index contributed by atoms with van der Waals surface area (Å²) in [6.07, 6.45) is 0. The van der Waals surface area contributed by atoms with Gasteiger partial charge >= 0.3 is 0 Å². The molecule has 0 saturated carbocycles. The molecular formula is C13H19ClN2S2. The van der Waals surface area contributed by atoms with Crippen LogP contribution in [0.15, 0.2) is 6.07 Å². The summed E-state index contributed by atoms with van der Waals surface area (Å²) in [4.78, 5) is 9.19.